The zero-order chi connectivity index (χ0) is 24.7. The Morgan fingerprint density at radius 2 is 1.86 bits per heavy atom. The average Bonchev–Trinajstić information content (AvgIpc) is 2.82. The van der Waals surface area contributed by atoms with Crippen LogP contribution in [0.4, 0.5) is 4.79 Å². The molecule has 0 aromatic heterocycles. The van der Waals surface area contributed by atoms with Gasteiger partial charge in [-0.25, -0.2) is 0 Å². The molecule has 1 fully saturated rings. The van der Waals surface area contributed by atoms with Crippen LogP contribution in [-0.4, -0.2) is 48.6 Å². The van der Waals surface area contributed by atoms with Crippen molar-refractivity contribution in [2.75, 3.05) is 5.75 Å². The molecule has 3 unspecified atom stereocenters. The summed E-state index contributed by atoms with van der Waals surface area (Å²) in [5.74, 6) is 1.01. The molecule has 3 N–H and O–H groups in total. The maximum absolute atomic E-state index is 13.1. The number of nitrogens with one attached hydrogen (secondary N) is 2. The van der Waals surface area contributed by atoms with E-state index in [4.69, 9.17) is 7.85 Å². The van der Waals surface area contributed by atoms with Crippen LogP contribution < -0.4 is 10.6 Å². The zero-order valence-electron chi connectivity index (χ0n) is 20.5. The summed E-state index contributed by atoms with van der Waals surface area (Å²) in [6.45, 7) is 6.50. The first-order valence-corrected chi connectivity index (χ1v) is 13.4. The number of carbonyl (C=O) groups excluding carboxylic acids is 2. The van der Waals surface area contributed by atoms with E-state index >= 15 is 0 Å². The molecule has 3 rings (SSSR count). The van der Waals surface area contributed by atoms with Crippen LogP contribution in [0.15, 0.2) is 47.4 Å². The van der Waals surface area contributed by atoms with Gasteiger partial charge in [-0.2, -0.15) is 0 Å². The van der Waals surface area contributed by atoms with E-state index in [9.17, 15) is 14.7 Å². The highest BCUT2D eigenvalue weighted by Gasteiger charge is 2.31. The van der Waals surface area contributed by atoms with Crippen molar-refractivity contribution in [3.8, 4) is 0 Å². The normalized spacial score (nSPS) is 22.5. The van der Waals surface area contributed by atoms with Gasteiger partial charge in [0, 0.05) is 12.1 Å². The summed E-state index contributed by atoms with van der Waals surface area (Å²) in [5.41, 5.74) is 0. The molecule has 1 aliphatic rings. The number of aliphatic hydroxyl groups excluding tert-OH is 1. The first kappa shape index (κ1) is 29.2. The number of hydrogen-bond acceptors (Lipinski definition) is 4. The molecule has 1 saturated carbocycles. The van der Waals surface area contributed by atoms with Gasteiger partial charge >= 0.3 is 0 Å². The maximum Gasteiger partial charge on any atom is 0.243 e. The fourth-order valence-corrected chi connectivity index (χ4v) is 6.15. The summed E-state index contributed by atoms with van der Waals surface area (Å²) in [4.78, 5) is 25.8. The van der Waals surface area contributed by atoms with Gasteiger partial charge in [0.25, 0.3) is 0 Å². The third-order valence-electron chi connectivity index (χ3n) is 7.19. The number of aliphatic hydroxyl groups is 1. The highest BCUT2D eigenvalue weighted by molar-refractivity contribution is 7.99. The molecule has 2 amide bonds. The second-order valence-corrected chi connectivity index (χ2v) is 10.9. The predicted octanol–water partition coefficient (Wildman–Crippen LogP) is 5.78. The van der Waals surface area contributed by atoms with Gasteiger partial charge in [0.2, 0.25) is 13.8 Å². The molecule has 0 spiro atoms. The van der Waals surface area contributed by atoms with Gasteiger partial charge in [-0.3, -0.25) is 9.59 Å². The Morgan fingerprint density at radius 1 is 1.14 bits per heavy atom. The van der Waals surface area contributed by atoms with E-state index < -0.39 is 18.0 Å². The molecule has 7 heteroatoms. The van der Waals surface area contributed by atoms with E-state index in [1.807, 2.05) is 49.4 Å². The molecular formula is C28H43BN2O3S. The maximum atomic E-state index is 13.1. The van der Waals surface area contributed by atoms with Crippen LogP contribution in [0, 0.1) is 17.8 Å². The van der Waals surface area contributed by atoms with Crippen molar-refractivity contribution in [1.29, 1.82) is 0 Å². The quantitative estimate of drug-likeness (QED) is 0.287. The SMILES string of the molecule is C.[B]C(=O)N[C@H](CSc1cccc2ccccc12)C(=O)N[C@@H](CC)[C@H](O)CC1CC(C)CCC1C.[HH]. The summed E-state index contributed by atoms with van der Waals surface area (Å²) in [6, 6.07) is 13.0. The second kappa shape index (κ2) is 13.9. The van der Waals surface area contributed by atoms with Crippen LogP contribution in [-0.2, 0) is 4.79 Å². The van der Waals surface area contributed by atoms with Crippen molar-refractivity contribution in [3.05, 3.63) is 42.5 Å². The summed E-state index contributed by atoms with van der Waals surface area (Å²) in [5, 5.41) is 18.8. The lowest BCUT2D eigenvalue weighted by Gasteiger charge is -2.36. The summed E-state index contributed by atoms with van der Waals surface area (Å²) in [7, 11) is 5.38. The average molecular weight is 499 g/mol. The molecular weight excluding hydrogens is 455 g/mol. The van der Waals surface area contributed by atoms with Gasteiger partial charge in [0.15, 0.2) is 5.81 Å². The van der Waals surface area contributed by atoms with Crippen LogP contribution >= 0.6 is 11.8 Å². The van der Waals surface area contributed by atoms with Crippen molar-refractivity contribution in [3.63, 3.8) is 0 Å². The molecule has 0 aliphatic heterocycles. The standard InChI is InChI=1S/C27H37BN2O3S.CH4.H2/c1-4-22(24(31)15-20-14-17(2)12-13-18(20)3)29-26(32)23(30-27(28)33)16-34-25-11-7-9-19-8-5-6-10-21(19)25;;/h5-11,17-18,20,22-24,31H,4,12-16H2,1-3H3,(H,29,32)(H,30,33);1H4;1H/t17?,18?,20?,22-,23+,24+;;/m0../s1. The van der Waals surface area contributed by atoms with Crippen LogP contribution in [0.2, 0.25) is 0 Å². The highest BCUT2D eigenvalue weighted by Crippen LogP contribution is 2.36. The molecule has 6 atom stereocenters. The van der Waals surface area contributed by atoms with E-state index in [0.29, 0.717) is 36.3 Å². The Bertz CT molecular complexity index is 973. The van der Waals surface area contributed by atoms with Gasteiger partial charge in [0.05, 0.1) is 12.1 Å². The van der Waals surface area contributed by atoms with Crippen molar-refractivity contribution in [1.82, 2.24) is 10.6 Å². The van der Waals surface area contributed by atoms with Crippen molar-refractivity contribution >= 4 is 42.1 Å². The highest BCUT2D eigenvalue weighted by atomic mass is 32.2. The Balaban J connectivity index is 0.00000324. The first-order valence-electron chi connectivity index (χ1n) is 12.4. The fraction of sp³-hybridized carbons (Fsp3) is 0.571. The van der Waals surface area contributed by atoms with Gasteiger partial charge in [-0.15, -0.1) is 11.8 Å². The van der Waals surface area contributed by atoms with Gasteiger partial charge in [0.1, 0.15) is 6.04 Å². The van der Waals surface area contributed by atoms with E-state index in [-0.39, 0.29) is 20.8 Å². The van der Waals surface area contributed by atoms with Crippen LogP contribution in [0.1, 0.15) is 61.7 Å². The van der Waals surface area contributed by atoms with E-state index in [1.165, 1.54) is 24.6 Å². The number of hydrogen-bond donors (Lipinski definition) is 3. The number of thioether (sulfide) groups is 1. The number of amides is 2. The van der Waals surface area contributed by atoms with Gasteiger partial charge < -0.3 is 15.7 Å². The van der Waals surface area contributed by atoms with Crippen LogP contribution in [0.5, 0.6) is 0 Å². The lowest BCUT2D eigenvalue weighted by Crippen LogP contribution is -2.53. The lowest BCUT2D eigenvalue weighted by molar-refractivity contribution is -0.124. The van der Waals surface area contributed by atoms with Gasteiger partial charge in [-0.05, 0) is 53.9 Å². The minimum atomic E-state index is -0.795. The summed E-state index contributed by atoms with van der Waals surface area (Å²) >= 11 is 1.51. The smallest absolute Gasteiger partial charge is 0.243 e. The third kappa shape index (κ3) is 8.28. The number of benzene rings is 2. The Labute approximate surface area is 218 Å². The monoisotopic (exact) mass is 498 g/mol. The fourth-order valence-electron chi connectivity index (χ4n) is 5.06. The van der Waals surface area contributed by atoms with Crippen molar-refractivity contribution in [2.45, 2.75) is 83.4 Å². The molecule has 2 aromatic rings. The van der Waals surface area contributed by atoms with Crippen LogP contribution in [0.3, 0.4) is 0 Å². The van der Waals surface area contributed by atoms with Crippen molar-refractivity contribution < 1.29 is 16.1 Å². The Kier molecular flexibility index (Phi) is 11.6. The van der Waals surface area contributed by atoms with Crippen LogP contribution in [0.25, 0.3) is 10.8 Å². The molecule has 35 heavy (non-hydrogen) atoms. The summed E-state index contributed by atoms with van der Waals surface area (Å²) < 4.78 is 0. The molecule has 0 heterocycles. The molecule has 192 valence electrons. The molecule has 5 nitrogen and oxygen atoms in total. The first-order chi connectivity index (χ1) is 16.3. The Morgan fingerprint density at radius 3 is 2.57 bits per heavy atom. The predicted molar refractivity (Wildman–Crippen MR) is 150 cm³/mol. The lowest BCUT2D eigenvalue weighted by atomic mass is 9.73. The second-order valence-electron chi connectivity index (χ2n) is 9.83. The Hall–Kier alpha value is -1.99. The number of fused-ring (bicyclic) bond motifs is 1. The number of rotatable bonds is 10. The molecule has 0 saturated heterocycles. The van der Waals surface area contributed by atoms with E-state index in [1.54, 1.807) is 0 Å². The molecule has 2 radical (unpaired) electrons. The topological polar surface area (TPSA) is 78.4 Å². The zero-order valence-corrected chi connectivity index (χ0v) is 21.3. The third-order valence-corrected chi connectivity index (χ3v) is 8.36. The van der Waals surface area contributed by atoms with Gasteiger partial charge in [-0.1, -0.05) is 77.4 Å². The molecule has 2 aromatic carbocycles. The van der Waals surface area contributed by atoms with E-state index in [0.717, 1.165) is 22.1 Å². The minimum absolute atomic E-state index is 0. The number of carbonyl (C=O) groups is 2. The molecule has 0 bridgehead atoms. The molecule has 1 aliphatic carbocycles. The van der Waals surface area contributed by atoms with Crippen molar-refractivity contribution in [2.24, 2.45) is 17.8 Å². The largest absolute Gasteiger partial charge is 0.391 e. The van der Waals surface area contributed by atoms with E-state index in [2.05, 4.69) is 24.5 Å². The summed E-state index contributed by atoms with van der Waals surface area (Å²) in [6.07, 6.45) is 4.24. The minimum Gasteiger partial charge on any atom is -0.391 e.